The number of pyridine rings is 1. The van der Waals surface area contributed by atoms with Crippen LogP contribution in [0.5, 0.6) is 0 Å². The molecule has 1 heterocycles. The quantitative estimate of drug-likeness (QED) is 0.726. The van der Waals surface area contributed by atoms with Crippen LogP contribution < -0.4 is 10.6 Å². The lowest BCUT2D eigenvalue weighted by Crippen LogP contribution is -2.30. The van der Waals surface area contributed by atoms with Crippen molar-refractivity contribution in [2.24, 2.45) is 0 Å². The number of alkyl halides is 3. The molecule has 1 aromatic heterocycles. The molecule has 0 atom stereocenters. The predicted molar refractivity (Wildman–Crippen MR) is 90.9 cm³/mol. The molecule has 0 fully saturated rings. The van der Waals surface area contributed by atoms with Crippen molar-refractivity contribution < 1.29 is 18.0 Å². The van der Waals surface area contributed by atoms with E-state index in [0.29, 0.717) is 28.0 Å². The number of hydrogen-bond donors (Lipinski definition) is 2. The Morgan fingerprint density at radius 2 is 1.88 bits per heavy atom. The second kappa shape index (κ2) is 8.40. The molecule has 0 saturated heterocycles. The van der Waals surface area contributed by atoms with Gasteiger partial charge in [0.15, 0.2) is 0 Å². The van der Waals surface area contributed by atoms with E-state index in [-0.39, 0.29) is 18.9 Å². The van der Waals surface area contributed by atoms with E-state index in [0.717, 1.165) is 12.3 Å². The third-order valence-corrected chi connectivity index (χ3v) is 3.80. The topological polar surface area (TPSA) is 54.0 Å². The molecular weight excluding hydrogens is 378 g/mol. The molecule has 0 aliphatic heterocycles. The zero-order chi connectivity index (χ0) is 18.4. The summed E-state index contributed by atoms with van der Waals surface area (Å²) in [5.74, 6) is 0.0643. The van der Waals surface area contributed by atoms with Gasteiger partial charge in [0.2, 0.25) is 5.91 Å². The Balaban J connectivity index is 1.74. The van der Waals surface area contributed by atoms with Crippen molar-refractivity contribution >= 4 is 34.9 Å². The molecule has 0 saturated carbocycles. The van der Waals surface area contributed by atoms with E-state index in [1.54, 1.807) is 18.2 Å². The first kappa shape index (κ1) is 19.3. The molecule has 134 valence electrons. The van der Waals surface area contributed by atoms with Crippen LogP contribution in [0.4, 0.5) is 19.0 Å². The average Bonchev–Trinajstić information content (AvgIpc) is 2.54. The van der Waals surface area contributed by atoms with Crippen LogP contribution in [0.3, 0.4) is 0 Å². The van der Waals surface area contributed by atoms with Crippen LogP contribution in [0.25, 0.3) is 0 Å². The molecule has 1 amide bonds. The number of carbonyl (C=O) groups excluding carboxylic acids is 1. The Hall–Kier alpha value is -1.99. The van der Waals surface area contributed by atoms with Gasteiger partial charge in [-0.3, -0.25) is 4.79 Å². The van der Waals surface area contributed by atoms with Crippen LogP contribution in [-0.2, 0) is 17.4 Å². The van der Waals surface area contributed by atoms with Gasteiger partial charge in [-0.15, -0.1) is 0 Å². The molecule has 1 aromatic carbocycles. The van der Waals surface area contributed by atoms with E-state index in [1.165, 1.54) is 6.07 Å². The third kappa shape index (κ3) is 6.10. The number of rotatable bonds is 6. The van der Waals surface area contributed by atoms with Gasteiger partial charge in [0.1, 0.15) is 5.82 Å². The summed E-state index contributed by atoms with van der Waals surface area (Å²) in [7, 11) is 0. The first-order valence-corrected chi connectivity index (χ1v) is 7.99. The average molecular weight is 392 g/mol. The first-order chi connectivity index (χ1) is 11.8. The van der Waals surface area contributed by atoms with Crippen molar-refractivity contribution in [1.29, 1.82) is 0 Å². The first-order valence-electron chi connectivity index (χ1n) is 7.23. The summed E-state index contributed by atoms with van der Waals surface area (Å²) in [6.45, 7) is 0.602. The molecule has 2 N–H and O–H groups in total. The smallest absolute Gasteiger partial charge is 0.368 e. The van der Waals surface area contributed by atoms with E-state index in [1.807, 2.05) is 0 Å². The molecule has 9 heteroatoms. The lowest BCUT2D eigenvalue weighted by molar-refractivity contribution is -0.137. The van der Waals surface area contributed by atoms with Crippen molar-refractivity contribution in [3.63, 3.8) is 0 Å². The van der Waals surface area contributed by atoms with Crippen molar-refractivity contribution in [2.75, 3.05) is 18.4 Å². The molecule has 25 heavy (non-hydrogen) atoms. The van der Waals surface area contributed by atoms with E-state index in [9.17, 15) is 18.0 Å². The van der Waals surface area contributed by atoms with Gasteiger partial charge in [-0.05, 0) is 29.8 Å². The number of anilines is 1. The van der Waals surface area contributed by atoms with Crippen LogP contribution in [-0.4, -0.2) is 24.0 Å². The normalized spacial score (nSPS) is 11.2. The van der Waals surface area contributed by atoms with E-state index in [4.69, 9.17) is 23.2 Å². The summed E-state index contributed by atoms with van der Waals surface area (Å²) >= 11 is 11.8. The van der Waals surface area contributed by atoms with E-state index >= 15 is 0 Å². The standard InChI is InChI=1S/C16H14Cl2F3N3O/c17-12-3-1-10(13(18)8-12)7-15(25)23-6-5-22-14-4-2-11(9-24-14)16(19,20)21/h1-4,8-9H,5-7H2,(H,22,24)(H,23,25). The molecule has 0 unspecified atom stereocenters. The highest BCUT2D eigenvalue weighted by Gasteiger charge is 2.30. The third-order valence-electron chi connectivity index (χ3n) is 3.21. The Kier molecular flexibility index (Phi) is 6.50. The maximum absolute atomic E-state index is 12.4. The number of hydrogen-bond acceptors (Lipinski definition) is 3. The SMILES string of the molecule is O=C(Cc1ccc(Cl)cc1Cl)NCCNc1ccc(C(F)(F)F)cn1. The maximum Gasteiger partial charge on any atom is 0.417 e. The van der Waals surface area contributed by atoms with Crippen LogP contribution in [0.15, 0.2) is 36.5 Å². The minimum Gasteiger partial charge on any atom is -0.368 e. The molecular formula is C16H14Cl2F3N3O. The number of amides is 1. The number of nitrogens with zero attached hydrogens (tertiary/aromatic N) is 1. The lowest BCUT2D eigenvalue weighted by atomic mass is 10.1. The summed E-state index contributed by atoms with van der Waals surface area (Å²) < 4.78 is 37.3. The second-order valence-corrected chi connectivity index (χ2v) is 5.96. The van der Waals surface area contributed by atoms with Gasteiger partial charge in [0.25, 0.3) is 0 Å². The molecule has 4 nitrogen and oxygen atoms in total. The van der Waals surface area contributed by atoms with E-state index < -0.39 is 11.7 Å². The summed E-state index contributed by atoms with van der Waals surface area (Å²) in [5.41, 5.74) is -0.160. The van der Waals surface area contributed by atoms with Crippen molar-refractivity contribution in [3.8, 4) is 0 Å². The summed E-state index contributed by atoms with van der Waals surface area (Å²) in [6, 6.07) is 7.06. The number of aromatic nitrogens is 1. The van der Waals surface area contributed by atoms with Crippen LogP contribution >= 0.6 is 23.2 Å². The van der Waals surface area contributed by atoms with Gasteiger partial charge in [0, 0.05) is 29.3 Å². The molecule has 0 radical (unpaired) electrons. The number of nitrogens with one attached hydrogen (secondary N) is 2. The van der Waals surface area contributed by atoms with Crippen molar-refractivity contribution in [2.45, 2.75) is 12.6 Å². The van der Waals surface area contributed by atoms with E-state index in [2.05, 4.69) is 15.6 Å². The van der Waals surface area contributed by atoms with Gasteiger partial charge in [-0.1, -0.05) is 29.3 Å². The number of carbonyl (C=O) groups is 1. The second-order valence-electron chi connectivity index (χ2n) is 5.12. The fourth-order valence-corrected chi connectivity index (χ4v) is 2.43. The highest BCUT2D eigenvalue weighted by atomic mass is 35.5. The molecule has 0 aliphatic carbocycles. The van der Waals surface area contributed by atoms with Crippen molar-refractivity contribution in [3.05, 3.63) is 57.7 Å². The zero-order valence-electron chi connectivity index (χ0n) is 12.8. The van der Waals surface area contributed by atoms with Gasteiger partial charge >= 0.3 is 6.18 Å². The summed E-state index contributed by atoms with van der Waals surface area (Å²) in [6.07, 6.45) is -3.56. The Bertz CT molecular complexity index is 736. The largest absolute Gasteiger partial charge is 0.417 e. The number of benzene rings is 1. The highest BCUT2D eigenvalue weighted by Crippen LogP contribution is 2.28. The summed E-state index contributed by atoms with van der Waals surface area (Å²) in [4.78, 5) is 15.5. The van der Waals surface area contributed by atoms with Crippen LogP contribution in [0, 0.1) is 0 Å². The highest BCUT2D eigenvalue weighted by molar-refractivity contribution is 6.35. The lowest BCUT2D eigenvalue weighted by Gasteiger charge is -2.10. The molecule has 0 bridgehead atoms. The van der Waals surface area contributed by atoms with Gasteiger partial charge in [-0.2, -0.15) is 13.2 Å². The number of halogens is 5. The Morgan fingerprint density at radius 1 is 1.12 bits per heavy atom. The fraction of sp³-hybridized carbons (Fsp3) is 0.250. The van der Waals surface area contributed by atoms with Crippen LogP contribution in [0.2, 0.25) is 10.0 Å². The zero-order valence-corrected chi connectivity index (χ0v) is 14.3. The molecule has 0 spiro atoms. The minimum atomic E-state index is -4.41. The van der Waals surface area contributed by atoms with Crippen LogP contribution in [0.1, 0.15) is 11.1 Å². The molecule has 2 rings (SSSR count). The summed E-state index contributed by atoms with van der Waals surface area (Å²) in [5, 5.41) is 6.40. The van der Waals surface area contributed by atoms with Gasteiger partial charge in [-0.25, -0.2) is 4.98 Å². The molecule has 2 aromatic rings. The Labute approximate surface area is 152 Å². The van der Waals surface area contributed by atoms with Gasteiger partial charge < -0.3 is 10.6 Å². The van der Waals surface area contributed by atoms with Gasteiger partial charge in [0.05, 0.1) is 12.0 Å². The van der Waals surface area contributed by atoms with Crippen molar-refractivity contribution in [1.82, 2.24) is 10.3 Å². The monoisotopic (exact) mass is 391 g/mol. The maximum atomic E-state index is 12.4. The fourth-order valence-electron chi connectivity index (χ4n) is 1.96. The Morgan fingerprint density at radius 3 is 2.48 bits per heavy atom. The minimum absolute atomic E-state index is 0.106. The molecule has 0 aliphatic rings. The predicted octanol–water partition coefficient (Wildman–Crippen LogP) is 4.18.